The number of rotatable bonds is 6. The Morgan fingerprint density at radius 3 is 2.78 bits per heavy atom. The van der Waals surface area contributed by atoms with Gasteiger partial charge in [-0.3, -0.25) is 4.98 Å². The van der Waals surface area contributed by atoms with Crippen LogP contribution in [0.2, 0.25) is 0 Å². The molecule has 2 atom stereocenters. The second kappa shape index (κ2) is 8.40. The summed E-state index contributed by atoms with van der Waals surface area (Å²) in [5.74, 6) is 0. The lowest BCUT2D eigenvalue weighted by atomic mass is 9.94. The molecule has 1 N–H and O–H groups in total. The Labute approximate surface area is 166 Å². The van der Waals surface area contributed by atoms with Gasteiger partial charge in [0.15, 0.2) is 5.11 Å². The van der Waals surface area contributed by atoms with E-state index in [1.54, 1.807) is 7.11 Å². The lowest BCUT2D eigenvalue weighted by Crippen LogP contribution is -2.33. The Bertz CT molecular complexity index is 757. The van der Waals surface area contributed by atoms with Gasteiger partial charge in [0, 0.05) is 37.8 Å². The molecule has 1 saturated carbocycles. The van der Waals surface area contributed by atoms with Gasteiger partial charge in [0.2, 0.25) is 0 Å². The van der Waals surface area contributed by atoms with Crippen LogP contribution in [0, 0.1) is 0 Å². The van der Waals surface area contributed by atoms with Gasteiger partial charge in [-0.1, -0.05) is 25.3 Å². The molecule has 2 aliphatic rings. The fraction of sp³-hybridized carbons (Fsp3) is 0.524. The predicted molar refractivity (Wildman–Crippen MR) is 111 cm³/mol. The number of pyridine rings is 1. The summed E-state index contributed by atoms with van der Waals surface area (Å²) < 4.78 is 7.85. The number of hydrogen-bond donors (Lipinski definition) is 1. The van der Waals surface area contributed by atoms with Gasteiger partial charge >= 0.3 is 0 Å². The average molecular weight is 385 g/mol. The van der Waals surface area contributed by atoms with Crippen LogP contribution in [0.1, 0.15) is 61.6 Å². The molecule has 2 unspecified atom stereocenters. The molecule has 0 amide bonds. The van der Waals surface area contributed by atoms with Crippen LogP contribution in [0.4, 0.5) is 0 Å². The SMILES string of the molecule is COCCN1C(=S)NC(c2ccccn2)C1c1cccn1C1CCCCC1. The fourth-order valence-corrected chi connectivity index (χ4v) is 4.84. The van der Waals surface area contributed by atoms with E-state index in [-0.39, 0.29) is 12.1 Å². The number of nitrogens with one attached hydrogen (secondary N) is 1. The molecule has 3 heterocycles. The first-order valence-electron chi connectivity index (χ1n) is 9.93. The molecule has 0 spiro atoms. The van der Waals surface area contributed by atoms with Crippen molar-refractivity contribution in [1.29, 1.82) is 0 Å². The average Bonchev–Trinajstić information content (AvgIpc) is 3.32. The van der Waals surface area contributed by atoms with Crippen LogP contribution in [0.5, 0.6) is 0 Å². The van der Waals surface area contributed by atoms with Crippen molar-refractivity contribution in [2.75, 3.05) is 20.3 Å². The van der Waals surface area contributed by atoms with Crippen molar-refractivity contribution in [3.05, 3.63) is 54.1 Å². The molecule has 2 fully saturated rings. The maximum absolute atomic E-state index is 5.70. The third kappa shape index (κ3) is 3.73. The van der Waals surface area contributed by atoms with Gasteiger partial charge in [-0.15, -0.1) is 0 Å². The quantitative estimate of drug-likeness (QED) is 0.763. The van der Waals surface area contributed by atoms with Gasteiger partial charge in [0.25, 0.3) is 0 Å². The topological polar surface area (TPSA) is 42.3 Å². The maximum atomic E-state index is 5.70. The summed E-state index contributed by atoms with van der Waals surface area (Å²) in [5, 5.41) is 4.31. The predicted octanol–water partition coefficient (Wildman–Crippen LogP) is 4.01. The molecular weight excluding hydrogens is 356 g/mol. The van der Waals surface area contributed by atoms with E-state index < -0.39 is 0 Å². The standard InChI is InChI=1S/C21H28N4OS/c1-26-15-14-25-20(19(23-21(25)27)17-10-5-6-12-22-17)18-11-7-13-24(18)16-8-3-2-4-9-16/h5-7,10-13,16,19-20H,2-4,8-9,14-15H2,1H3,(H,23,27). The largest absolute Gasteiger partial charge is 0.383 e. The van der Waals surface area contributed by atoms with Crippen molar-refractivity contribution in [1.82, 2.24) is 19.8 Å². The van der Waals surface area contributed by atoms with Crippen molar-refractivity contribution in [3.8, 4) is 0 Å². The van der Waals surface area contributed by atoms with Gasteiger partial charge in [-0.2, -0.15) is 0 Å². The van der Waals surface area contributed by atoms with Gasteiger partial charge in [-0.05, 0) is 49.3 Å². The van der Waals surface area contributed by atoms with E-state index >= 15 is 0 Å². The number of thiocarbonyl (C=S) groups is 1. The minimum atomic E-state index is 0.0489. The fourth-order valence-electron chi connectivity index (χ4n) is 4.51. The Hall–Kier alpha value is -1.92. The first-order chi connectivity index (χ1) is 13.3. The molecule has 6 heteroatoms. The molecule has 144 valence electrons. The van der Waals surface area contributed by atoms with Crippen molar-refractivity contribution >= 4 is 17.3 Å². The van der Waals surface area contributed by atoms with Gasteiger partial charge < -0.3 is 19.5 Å². The second-order valence-corrected chi connectivity index (χ2v) is 7.83. The third-order valence-corrected chi connectivity index (χ3v) is 6.17. The lowest BCUT2D eigenvalue weighted by Gasteiger charge is -2.32. The summed E-state index contributed by atoms with van der Waals surface area (Å²) in [5.41, 5.74) is 2.35. The van der Waals surface area contributed by atoms with Crippen molar-refractivity contribution in [2.45, 2.75) is 50.2 Å². The van der Waals surface area contributed by atoms with Gasteiger partial charge in [0.05, 0.1) is 24.4 Å². The zero-order chi connectivity index (χ0) is 18.6. The van der Waals surface area contributed by atoms with Crippen molar-refractivity contribution < 1.29 is 4.74 Å². The Balaban J connectivity index is 1.71. The van der Waals surface area contributed by atoms with E-state index in [0.717, 1.165) is 17.4 Å². The maximum Gasteiger partial charge on any atom is 0.170 e. The van der Waals surface area contributed by atoms with Gasteiger partial charge in [0.1, 0.15) is 0 Å². The molecule has 4 rings (SSSR count). The van der Waals surface area contributed by atoms with Crippen LogP contribution < -0.4 is 5.32 Å². The first-order valence-corrected chi connectivity index (χ1v) is 10.3. The molecule has 0 bridgehead atoms. The highest BCUT2D eigenvalue weighted by Gasteiger charge is 2.41. The molecule has 2 aromatic rings. The number of nitrogens with zero attached hydrogens (tertiary/aromatic N) is 3. The lowest BCUT2D eigenvalue weighted by molar-refractivity contribution is 0.161. The summed E-state index contributed by atoms with van der Waals surface area (Å²) in [6.45, 7) is 1.42. The molecular formula is C21H28N4OS. The Kier molecular flexibility index (Phi) is 5.74. The molecule has 2 aromatic heterocycles. The van der Waals surface area contributed by atoms with Gasteiger partial charge in [-0.25, -0.2) is 0 Å². The van der Waals surface area contributed by atoms with Crippen LogP contribution in [-0.4, -0.2) is 39.8 Å². The Morgan fingerprint density at radius 1 is 1.19 bits per heavy atom. The minimum absolute atomic E-state index is 0.0489. The molecule has 0 aromatic carbocycles. The number of ether oxygens (including phenoxy) is 1. The highest BCUT2D eigenvalue weighted by Crippen LogP contribution is 2.41. The first kappa shape index (κ1) is 18.4. The van der Waals surface area contributed by atoms with Crippen LogP contribution in [0.3, 0.4) is 0 Å². The minimum Gasteiger partial charge on any atom is -0.383 e. The summed E-state index contributed by atoms with van der Waals surface area (Å²) >= 11 is 5.70. The van der Waals surface area contributed by atoms with E-state index in [1.165, 1.54) is 37.8 Å². The number of hydrogen-bond acceptors (Lipinski definition) is 3. The summed E-state index contributed by atoms with van der Waals surface area (Å²) in [6.07, 6.45) is 10.6. The van der Waals surface area contributed by atoms with E-state index in [2.05, 4.69) is 44.2 Å². The van der Waals surface area contributed by atoms with E-state index in [1.807, 2.05) is 18.3 Å². The zero-order valence-electron chi connectivity index (χ0n) is 15.9. The molecule has 27 heavy (non-hydrogen) atoms. The third-order valence-electron chi connectivity index (χ3n) is 5.82. The number of methoxy groups -OCH3 is 1. The normalized spacial score (nSPS) is 23.6. The smallest absolute Gasteiger partial charge is 0.170 e. The zero-order valence-corrected chi connectivity index (χ0v) is 16.7. The highest BCUT2D eigenvalue weighted by molar-refractivity contribution is 7.80. The molecule has 0 radical (unpaired) electrons. The van der Waals surface area contributed by atoms with Crippen molar-refractivity contribution in [3.63, 3.8) is 0 Å². The Morgan fingerprint density at radius 2 is 2.04 bits per heavy atom. The second-order valence-electron chi connectivity index (χ2n) is 7.44. The summed E-state index contributed by atoms with van der Waals surface area (Å²) in [7, 11) is 1.74. The van der Waals surface area contributed by atoms with Crippen LogP contribution >= 0.6 is 12.2 Å². The van der Waals surface area contributed by atoms with Crippen LogP contribution in [-0.2, 0) is 4.74 Å². The number of aromatic nitrogens is 2. The highest BCUT2D eigenvalue weighted by atomic mass is 32.1. The molecule has 1 saturated heterocycles. The molecule has 1 aliphatic heterocycles. The van der Waals surface area contributed by atoms with Crippen LogP contribution in [0.15, 0.2) is 42.7 Å². The molecule has 5 nitrogen and oxygen atoms in total. The summed E-state index contributed by atoms with van der Waals surface area (Å²) in [6, 6.07) is 11.3. The van der Waals surface area contributed by atoms with E-state index in [4.69, 9.17) is 17.0 Å². The van der Waals surface area contributed by atoms with Crippen LogP contribution in [0.25, 0.3) is 0 Å². The molecule has 1 aliphatic carbocycles. The monoisotopic (exact) mass is 384 g/mol. The summed E-state index contributed by atoms with van der Waals surface area (Å²) in [4.78, 5) is 6.89. The van der Waals surface area contributed by atoms with Crippen molar-refractivity contribution in [2.24, 2.45) is 0 Å². The van der Waals surface area contributed by atoms with E-state index in [0.29, 0.717) is 12.6 Å². The van der Waals surface area contributed by atoms with E-state index in [9.17, 15) is 0 Å².